The molecule has 1 aromatic rings. The van der Waals surface area contributed by atoms with Crippen LogP contribution in [0.2, 0.25) is 0 Å². The molecular weight excluding hydrogens is 257 g/mol. The van der Waals surface area contributed by atoms with Gasteiger partial charge in [0.2, 0.25) is 0 Å². The quantitative estimate of drug-likeness (QED) is 0.732. The molecular formula is C8H9BrClNO2. The Hall–Kier alpha value is -0.610. The van der Waals surface area contributed by atoms with Gasteiger partial charge in [-0.1, -0.05) is 15.9 Å². The van der Waals surface area contributed by atoms with Crippen molar-refractivity contribution < 1.29 is 9.47 Å². The number of ether oxygens (including phenoxy) is 2. The minimum atomic E-state index is 0. The van der Waals surface area contributed by atoms with Crippen molar-refractivity contribution in [1.82, 2.24) is 0 Å². The highest BCUT2D eigenvalue weighted by Crippen LogP contribution is 2.38. The number of fused-ring (bicyclic) bond motifs is 1. The Morgan fingerprint density at radius 2 is 1.92 bits per heavy atom. The summed E-state index contributed by atoms with van der Waals surface area (Å²) in [5.74, 6) is 1.37. The molecule has 0 saturated heterocycles. The van der Waals surface area contributed by atoms with E-state index in [0.717, 1.165) is 4.47 Å². The average molecular weight is 267 g/mol. The first-order chi connectivity index (χ1) is 5.77. The van der Waals surface area contributed by atoms with E-state index >= 15 is 0 Å². The standard InChI is InChI=1S/C8H8BrNO2.ClH/c9-5-3-6(10)8-7(4-5)11-1-2-12-8;/h3-4H,1-2,10H2;1H. The summed E-state index contributed by atoms with van der Waals surface area (Å²) in [6.45, 7) is 1.15. The molecule has 0 aliphatic carbocycles. The van der Waals surface area contributed by atoms with Crippen molar-refractivity contribution in [3.63, 3.8) is 0 Å². The molecule has 0 aromatic heterocycles. The highest BCUT2D eigenvalue weighted by atomic mass is 79.9. The molecule has 0 fully saturated rings. The first-order valence-electron chi connectivity index (χ1n) is 3.62. The molecule has 2 N–H and O–H groups in total. The summed E-state index contributed by atoms with van der Waals surface area (Å²) in [6, 6.07) is 3.65. The second-order valence-electron chi connectivity index (χ2n) is 2.52. The number of nitrogens with two attached hydrogens (primary N) is 1. The van der Waals surface area contributed by atoms with Gasteiger partial charge in [0.05, 0.1) is 5.69 Å². The molecule has 0 spiro atoms. The van der Waals surface area contributed by atoms with Gasteiger partial charge in [-0.25, -0.2) is 0 Å². The van der Waals surface area contributed by atoms with E-state index in [1.165, 1.54) is 0 Å². The minimum Gasteiger partial charge on any atom is -0.486 e. The molecule has 1 aromatic carbocycles. The number of anilines is 1. The molecule has 1 aliphatic heterocycles. The van der Waals surface area contributed by atoms with Crippen LogP contribution in [0.15, 0.2) is 16.6 Å². The topological polar surface area (TPSA) is 44.5 Å². The zero-order chi connectivity index (χ0) is 8.55. The zero-order valence-corrected chi connectivity index (χ0v) is 9.15. The fourth-order valence-corrected chi connectivity index (χ4v) is 1.60. The van der Waals surface area contributed by atoms with Gasteiger partial charge in [0.25, 0.3) is 0 Å². The lowest BCUT2D eigenvalue weighted by molar-refractivity contribution is 0.172. The summed E-state index contributed by atoms with van der Waals surface area (Å²) in [7, 11) is 0. The van der Waals surface area contributed by atoms with Gasteiger partial charge < -0.3 is 15.2 Å². The SMILES string of the molecule is Cl.Nc1cc(Br)cc2c1OCCO2. The molecule has 13 heavy (non-hydrogen) atoms. The zero-order valence-electron chi connectivity index (χ0n) is 6.75. The van der Waals surface area contributed by atoms with Crippen LogP contribution in [0.3, 0.4) is 0 Å². The summed E-state index contributed by atoms with van der Waals surface area (Å²) >= 11 is 3.33. The van der Waals surface area contributed by atoms with Crippen LogP contribution in [0.4, 0.5) is 5.69 Å². The molecule has 0 amide bonds. The van der Waals surface area contributed by atoms with E-state index in [4.69, 9.17) is 15.2 Å². The fraction of sp³-hybridized carbons (Fsp3) is 0.250. The summed E-state index contributed by atoms with van der Waals surface area (Å²) in [5.41, 5.74) is 6.32. The maximum atomic E-state index is 5.71. The van der Waals surface area contributed by atoms with Gasteiger partial charge in [-0.3, -0.25) is 0 Å². The van der Waals surface area contributed by atoms with E-state index in [1.54, 1.807) is 6.07 Å². The van der Waals surface area contributed by atoms with Gasteiger partial charge in [0.1, 0.15) is 13.2 Å². The van der Waals surface area contributed by atoms with E-state index in [-0.39, 0.29) is 12.4 Å². The van der Waals surface area contributed by atoms with Gasteiger partial charge in [0.15, 0.2) is 11.5 Å². The number of hydrogen-bond donors (Lipinski definition) is 1. The van der Waals surface area contributed by atoms with Gasteiger partial charge >= 0.3 is 0 Å². The van der Waals surface area contributed by atoms with Crippen LogP contribution in [-0.2, 0) is 0 Å². The molecule has 2 rings (SSSR count). The van der Waals surface area contributed by atoms with Gasteiger partial charge in [-0.15, -0.1) is 12.4 Å². The van der Waals surface area contributed by atoms with E-state index < -0.39 is 0 Å². The normalized spacial score (nSPS) is 13.3. The van der Waals surface area contributed by atoms with Crippen molar-refractivity contribution in [2.45, 2.75) is 0 Å². The Labute approximate surface area is 90.7 Å². The number of halogens is 2. The Bertz CT molecular complexity index is 319. The summed E-state index contributed by atoms with van der Waals surface area (Å²) in [5, 5.41) is 0. The second-order valence-corrected chi connectivity index (χ2v) is 3.43. The maximum Gasteiger partial charge on any atom is 0.184 e. The second kappa shape index (κ2) is 4.07. The maximum absolute atomic E-state index is 5.71. The van der Waals surface area contributed by atoms with Crippen molar-refractivity contribution in [2.24, 2.45) is 0 Å². The molecule has 0 unspecified atom stereocenters. The number of benzene rings is 1. The highest BCUT2D eigenvalue weighted by Gasteiger charge is 2.14. The first kappa shape index (κ1) is 10.5. The van der Waals surface area contributed by atoms with Crippen molar-refractivity contribution in [3.8, 4) is 11.5 Å². The van der Waals surface area contributed by atoms with Crippen LogP contribution in [0.5, 0.6) is 11.5 Å². The summed E-state index contributed by atoms with van der Waals surface area (Å²) in [6.07, 6.45) is 0. The molecule has 1 aliphatic rings. The average Bonchev–Trinajstić information content (AvgIpc) is 2.04. The third kappa shape index (κ3) is 2.00. The van der Waals surface area contributed by atoms with Crippen molar-refractivity contribution >= 4 is 34.0 Å². The van der Waals surface area contributed by atoms with Gasteiger partial charge in [-0.05, 0) is 12.1 Å². The first-order valence-corrected chi connectivity index (χ1v) is 4.41. The molecule has 0 saturated carbocycles. The molecule has 0 atom stereocenters. The van der Waals surface area contributed by atoms with Crippen LogP contribution in [0.25, 0.3) is 0 Å². The van der Waals surface area contributed by atoms with Crippen LogP contribution < -0.4 is 15.2 Å². The van der Waals surface area contributed by atoms with E-state index in [0.29, 0.717) is 30.4 Å². The summed E-state index contributed by atoms with van der Waals surface area (Å²) in [4.78, 5) is 0. The summed E-state index contributed by atoms with van der Waals surface area (Å²) < 4.78 is 11.6. The van der Waals surface area contributed by atoms with Gasteiger partial charge in [-0.2, -0.15) is 0 Å². The third-order valence-corrected chi connectivity index (χ3v) is 2.09. The lowest BCUT2D eigenvalue weighted by atomic mass is 10.2. The Balaban J connectivity index is 0.000000845. The number of nitrogen functional groups attached to an aromatic ring is 1. The molecule has 72 valence electrons. The fourth-order valence-electron chi connectivity index (χ4n) is 1.15. The van der Waals surface area contributed by atoms with Crippen LogP contribution in [-0.4, -0.2) is 13.2 Å². The molecule has 3 nitrogen and oxygen atoms in total. The van der Waals surface area contributed by atoms with E-state index in [9.17, 15) is 0 Å². The lowest BCUT2D eigenvalue weighted by Gasteiger charge is -2.19. The van der Waals surface area contributed by atoms with Crippen molar-refractivity contribution in [2.75, 3.05) is 18.9 Å². The van der Waals surface area contributed by atoms with Crippen LogP contribution >= 0.6 is 28.3 Å². The Morgan fingerprint density at radius 3 is 2.69 bits per heavy atom. The predicted octanol–water partition coefficient (Wildman–Crippen LogP) is 2.22. The van der Waals surface area contributed by atoms with Crippen molar-refractivity contribution in [1.29, 1.82) is 0 Å². The highest BCUT2D eigenvalue weighted by molar-refractivity contribution is 9.10. The van der Waals surface area contributed by atoms with E-state index in [2.05, 4.69) is 15.9 Å². The van der Waals surface area contributed by atoms with Crippen molar-refractivity contribution in [3.05, 3.63) is 16.6 Å². The smallest absolute Gasteiger partial charge is 0.184 e. The lowest BCUT2D eigenvalue weighted by Crippen LogP contribution is -2.16. The van der Waals surface area contributed by atoms with Crippen LogP contribution in [0.1, 0.15) is 0 Å². The predicted molar refractivity (Wildman–Crippen MR) is 56.8 cm³/mol. The minimum absolute atomic E-state index is 0. The molecule has 0 bridgehead atoms. The molecule has 0 radical (unpaired) electrons. The Kier molecular flexibility index (Phi) is 3.27. The monoisotopic (exact) mass is 265 g/mol. The third-order valence-electron chi connectivity index (χ3n) is 1.64. The Morgan fingerprint density at radius 1 is 1.23 bits per heavy atom. The number of rotatable bonds is 0. The molecule has 5 heteroatoms. The largest absolute Gasteiger partial charge is 0.486 e. The number of hydrogen-bond acceptors (Lipinski definition) is 3. The molecule has 1 heterocycles. The van der Waals surface area contributed by atoms with E-state index in [1.807, 2.05) is 6.07 Å². The van der Waals surface area contributed by atoms with Crippen LogP contribution in [0, 0.1) is 0 Å². The van der Waals surface area contributed by atoms with Gasteiger partial charge in [0, 0.05) is 4.47 Å².